The summed E-state index contributed by atoms with van der Waals surface area (Å²) in [5.74, 6) is -1.39. The predicted octanol–water partition coefficient (Wildman–Crippen LogP) is -1.28. The zero-order valence-electron chi connectivity index (χ0n) is 13.7. The third kappa shape index (κ3) is 3.60. The van der Waals surface area contributed by atoms with Gasteiger partial charge in [0.15, 0.2) is 9.84 Å². The molecular formula is C14H20N4O6S. The van der Waals surface area contributed by atoms with Crippen LogP contribution in [0.4, 0.5) is 9.59 Å². The van der Waals surface area contributed by atoms with E-state index in [-0.39, 0.29) is 23.8 Å². The van der Waals surface area contributed by atoms with E-state index in [2.05, 4.69) is 10.6 Å². The van der Waals surface area contributed by atoms with Gasteiger partial charge in [-0.05, 0) is 32.1 Å². The van der Waals surface area contributed by atoms with Gasteiger partial charge in [-0.15, -0.1) is 0 Å². The topological polar surface area (TPSA) is 142 Å². The maximum absolute atomic E-state index is 12.4. The normalized spacial score (nSPS) is 30.9. The number of hydrogen-bond acceptors (Lipinski definition) is 6. The molecule has 0 aromatic heterocycles. The minimum atomic E-state index is -3.15. The van der Waals surface area contributed by atoms with E-state index in [9.17, 15) is 27.6 Å². The van der Waals surface area contributed by atoms with Crippen LogP contribution in [0.1, 0.15) is 26.2 Å². The molecule has 2 saturated heterocycles. The van der Waals surface area contributed by atoms with Crippen LogP contribution in [0.15, 0.2) is 0 Å². The maximum Gasteiger partial charge on any atom is 0.325 e. The van der Waals surface area contributed by atoms with E-state index in [0.29, 0.717) is 0 Å². The van der Waals surface area contributed by atoms with Gasteiger partial charge in [0.2, 0.25) is 5.91 Å². The lowest BCUT2D eigenvalue weighted by Crippen LogP contribution is -2.49. The highest BCUT2D eigenvalue weighted by Gasteiger charge is 2.56. The Labute approximate surface area is 144 Å². The first-order valence-electron chi connectivity index (χ1n) is 8.05. The van der Waals surface area contributed by atoms with Crippen LogP contribution >= 0.6 is 0 Å². The molecule has 0 bridgehead atoms. The van der Waals surface area contributed by atoms with Gasteiger partial charge in [0.1, 0.15) is 12.1 Å². The quantitative estimate of drug-likeness (QED) is 0.525. The Kier molecular flexibility index (Phi) is 4.21. The van der Waals surface area contributed by atoms with E-state index in [1.807, 2.05) is 5.32 Å². The zero-order chi connectivity index (χ0) is 18.4. The maximum atomic E-state index is 12.4. The fraction of sp³-hybridized carbons (Fsp3) is 0.714. The summed E-state index contributed by atoms with van der Waals surface area (Å²) in [6.07, 6.45) is 1.97. The van der Waals surface area contributed by atoms with Crippen molar-refractivity contribution in [3.8, 4) is 0 Å². The Morgan fingerprint density at radius 2 is 1.96 bits per heavy atom. The number of nitrogens with zero attached hydrogens (tertiary/aromatic N) is 1. The molecule has 3 aliphatic rings. The zero-order valence-corrected chi connectivity index (χ0v) is 14.5. The molecule has 0 radical (unpaired) electrons. The third-order valence-corrected chi connectivity index (χ3v) is 6.59. The van der Waals surface area contributed by atoms with Gasteiger partial charge < -0.3 is 10.6 Å². The van der Waals surface area contributed by atoms with Crippen LogP contribution in [-0.4, -0.2) is 66.8 Å². The number of amides is 6. The van der Waals surface area contributed by atoms with E-state index < -0.39 is 51.8 Å². The molecule has 138 valence electrons. The molecule has 10 nitrogen and oxygen atoms in total. The first kappa shape index (κ1) is 17.6. The van der Waals surface area contributed by atoms with E-state index in [0.717, 1.165) is 17.7 Å². The van der Waals surface area contributed by atoms with Crippen LogP contribution < -0.4 is 16.0 Å². The number of hydrogen-bond donors (Lipinski definition) is 3. The summed E-state index contributed by atoms with van der Waals surface area (Å²) in [7, 11) is -3.15. The Balaban J connectivity index is 1.51. The number of sulfone groups is 1. The van der Waals surface area contributed by atoms with Gasteiger partial charge in [0, 0.05) is 6.04 Å². The lowest BCUT2D eigenvalue weighted by Gasteiger charge is -2.20. The van der Waals surface area contributed by atoms with Gasteiger partial charge in [0.25, 0.3) is 5.91 Å². The van der Waals surface area contributed by atoms with Gasteiger partial charge in [0.05, 0.1) is 11.5 Å². The van der Waals surface area contributed by atoms with Crippen LogP contribution in [-0.2, 0) is 19.4 Å². The van der Waals surface area contributed by atoms with Crippen molar-refractivity contribution in [2.24, 2.45) is 5.92 Å². The Morgan fingerprint density at radius 3 is 2.52 bits per heavy atom. The largest absolute Gasteiger partial charge is 0.334 e. The summed E-state index contributed by atoms with van der Waals surface area (Å²) in [5, 5.41) is 7.03. The van der Waals surface area contributed by atoms with Crippen molar-refractivity contribution >= 4 is 33.7 Å². The second-order valence-corrected chi connectivity index (χ2v) is 9.15. The van der Waals surface area contributed by atoms with Crippen molar-refractivity contribution in [3.63, 3.8) is 0 Å². The number of imide groups is 2. The van der Waals surface area contributed by atoms with Crippen molar-refractivity contribution in [1.82, 2.24) is 20.9 Å². The van der Waals surface area contributed by atoms with Crippen LogP contribution in [0.25, 0.3) is 0 Å². The number of nitrogens with one attached hydrogen (secondary N) is 3. The summed E-state index contributed by atoms with van der Waals surface area (Å²) in [5.41, 5.74) is -0.988. The third-order valence-electron chi connectivity index (χ3n) is 4.82. The molecule has 0 spiro atoms. The second kappa shape index (κ2) is 5.97. The average molecular weight is 372 g/mol. The van der Waals surface area contributed by atoms with E-state index in [4.69, 9.17) is 0 Å². The molecule has 2 heterocycles. The molecule has 1 saturated carbocycles. The number of rotatable bonds is 4. The summed E-state index contributed by atoms with van der Waals surface area (Å²) in [4.78, 5) is 48.8. The molecule has 3 N–H and O–H groups in total. The number of urea groups is 2. The van der Waals surface area contributed by atoms with Gasteiger partial charge >= 0.3 is 12.1 Å². The molecule has 25 heavy (non-hydrogen) atoms. The van der Waals surface area contributed by atoms with Crippen molar-refractivity contribution in [2.75, 3.05) is 18.1 Å². The second-order valence-electron chi connectivity index (χ2n) is 6.92. The van der Waals surface area contributed by atoms with Crippen LogP contribution in [0.5, 0.6) is 0 Å². The molecule has 6 amide bonds. The molecule has 0 unspecified atom stereocenters. The molecular weight excluding hydrogens is 352 g/mol. The van der Waals surface area contributed by atoms with Gasteiger partial charge in [-0.1, -0.05) is 0 Å². The minimum absolute atomic E-state index is 0.00586. The predicted molar refractivity (Wildman–Crippen MR) is 85.1 cm³/mol. The van der Waals surface area contributed by atoms with Gasteiger partial charge in [-0.3, -0.25) is 19.8 Å². The summed E-state index contributed by atoms with van der Waals surface area (Å²) < 4.78 is 22.7. The van der Waals surface area contributed by atoms with E-state index in [1.165, 1.54) is 0 Å². The highest BCUT2D eigenvalue weighted by molar-refractivity contribution is 7.91. The van der Waals surface area contributed by atoms with Gasteiger partial charge in [-0.2, -0.15) is 0 Å². The molecule has 3 fully saturated rings. The molecule has 2 aliphatic heterocycles. The highest BCUT2D eigenvalue weighted by atomic mass is 32.2. The van der Waals surface area contributed by atoms with Crippen molar-refractivity contribution in [3.05, 3.63) is 0 Å². The Hall–Kier alpha value is -2.17. The lowest BCUT2D eigenvalue weighted by atomic mass is 9.96. The molecule has 0 aromatic rings. The van der Waals surface area contributed by atoms with Crippen LogP contribution in [0.2, 0.25) is 0 Å². The summed E-state index contributed by atoms with van der Waals surface area (Å²) >= 11 is 0. The number of carbonyl (C=O) groups is 4. The van der Waals surface area contributed by atoms with Crippen LogP contribution in [0, 0.1) is 5.92 Å². The summed E-state index contributed by atoms with van der Waals surface area (Å²) in [6, 6.07) is -2.05. The molecule has 2 atom stereocenters. The van der Waals surface area contributed by atoms with E-state index in [1.54, 1.807) is 6.92 Å². The molecule has 1 aliphatic carbocycles. The summed E-state index contributed by atoms with van der Waals surface area (Å²) in [6.45, 7) is 1.07. The van der Waals surface area contributed by atoms with E-state index >= 15 is 0 Å². The number of carbonyl (C=O) groups excluding carboxylic acids is 4. The Bertz CT molecular complexity index is 746. The van der Waals surface area contributed by atoms with Crippen LogP contribution in [0.3, 0.4) is 0 Å². The fourth-order valence-corrected chi connectivity index (χ4v) is 4.91. The smallest absolute Gasteiger partial charge is 0.325 e. The average Bonchev–Trinajstić information content (AvgIpc) is 3.25. The fourth-order valence-electron chi connectivity index (χ4n) is 3.24. The standard InChI is InChI=1S/C14H20N4O6S/c1-14(8-2-3-8)11(20)18(13(22)17-14)6-10(19)16-12(21)15-9-4-5-25(23,24)7-9/h8-9H,2-7H2,1H3,(H,17,22)(H2,15,16,19,21)/t9-,14-/m1/s1. The van der Waals surface area contributed by atoms with Crippen molar-refractivity contribution in [1.29, 1.82) is 0 Å². The monoisotopic (exact) mass is 372 g/mol. The first-order valence-corrected chi connectivity index (χ1v) is 9.88. The molecule has 3 rings (SSSR count). The van der Waals surface area contributed by atoms with Crippen molar-refractivity contribution < 1.29 is 27.6 Å². The Morgan fingerprint density at radius 1 is 1.28 bits per heavy atom. The molecule has 0 aromatic carbocycles. The minimum Gasteiger partial charge on any atom is -0.334 e. The first-order chi connectivity index (χ1) is 11.6. The highest BCUT2D eigenvalue weighted by Crippen LogP contribution is 2.42. The van der Waals surface area contributed by atoms with Crippen molar-refractivity contribution in [2.45, 2.75) is 37.8 Å². The van der Waals surface area contributed by atoms with Gasteiger partial charge in [-0.25, -0.2) is 18.0 Å². The SMILES string of the molecule is C[C@]1(C2CC2)NC(=O)N(CC(=O)NC(=O)N[C@@H]2CCS(=O)(=O)C2)C1=O. The lowest BCUT2D eigenvalue weighted by molar-refractivity contribution is -0.134. The molecule has 11 heteroatoms.